The van der Waals surface area contributed by atoms with Crippen LogP contribution in [0.2, 0.25) is 0 Å². The normalized spacial score (nSPS) is 13.4. The van der Waals surface area contributed by atoms with E-state index in [9.17, 15) is 9.90 Å². The zero-order chi connectivity index (χ0) is 17.6. The Morgan fingerprint density at radius 3 is 2.36 bits per heavy atom. The van der Waals surface area contributed by atoms with Crippen molar-refractivity contribution in [3.05, 3.63) is 83.9 Å². The Bertz CT molecular complexity index is 842. The molecule has 3 rings (SSSR count). The van der Waals surface area contributed by atoms with Crippen molar-refractivity contribution < 1.29 is 14.6 Å². The molecule has 1 N–H and O–H groups in total. The molecule has 2 atom stereocenters. The molecule has 0 unspecified atom stereocenters. The van der Waals surface area contributed by atoms with E-state index in [1.165, 1.54) is 0 Å². The predicted octanol–water partition coefficient (Wildman–Crippen LogP) is 4.30. The van der Waals surface area contributed by atoms with Gasteiger partial charge in [0.15, 0.2) is 0 Å². The van der Waals surface area contributed by atoms with Gasteiger partial charge in [0.2, 0.25) is 0 Å². The highest BCUT2D eigenvalue weighted by Gasteiger charge is 2.29. The number of esters is 1. The van der Waals surface area contributed by atoms with Crippen LogP contribution in [0.4, 0.5) is 0 Å². The van der Waals surface area contributed by atoms with Gasteiger partial charge in [0.05, 0.1) is 18.6 Å². The summed E-state index contributed by atoms with van der Waals surface area (Å²) < 4.78 is 5.21. The van der Waals surface area contributed by atoms with Crippen molar-refractivity contribution in [1.29, 1.82) is 0 Å². The van der Waals surface area contributed by atoms with E-state index in [4.69, 9.17) is 4.74 Å². The molecule has 0 aliphatic heterocycles. The van der Waals surface area contributed by atoms with Gasteiger partial charge in [0.25, 0.3) is 0 Å². The molecule has 0 saturated heterocycles. The van der Waals surface area contributed by atoms with Gasteiger partial charge in [-0.25, -0.2) is 0 Å². The van der Waals surface area contributed by atoms with Gasteiger partial charge < -0.3 is 9.84 Å². The Morgan fingerprint density at radius 1 is 0.960 bits per heavy atom. The number of hydrogen-bond acceptors (Lipinski definition) is 3. The maximum Gasteiger partial charge on any atom is 0.312 e. The molecule has 0 spiro atoms. The average Bonchev–Trinajstić information content (AvgIpc) is 2.66. The SMILES string of the molecule is CCOC(=O)[C@H](Cc1ccccc1)[C@H](O)c1ccc2ccccc2c1. The van der Waals surface area contributed by atoms with Crippen LogP contribution in [0.3, 0.4) is 0 Å². The lowest BCUT2D eigenvalue weighted by Crippen LogP contribution is -2.26. The van der Waals surface area contributed by atoms with E-state index in [0.29, 0.717) is 13.0 Å². The van der Waals surface area contributed by atoms with Crippen molar-refractivity contribution in [2.75, 3.05) is 6.61 Å². The van der Waals surface area contributed by atoms with Crippen molar-refractivity contribution >= 4 is 16.7 Å². The average molecular weight is 334 g/mol. The Morgan fingerprint density at radius 2 is 1.64 bits per heavy atom. The number of carbonyl (C=O) groups is 1. The highest BCUT2D eigenvalue weighted by Crippen LogP contribution is 2.29. The van der Waals surface area contributed by atoms with Gasteiger partial charge in [0, 0.05) is 0 Å². The molecule has 0 aromatic heterocycles. The number of benzene rings is 3. The van der Waals surface area contributed by atoms with Crippen LogP contribution in [0.1, 0.15) is 24.2 Å². The molecule has 0 saturated carbocycles. The third-order valence-electron chi connectivity index (χ3n) is 4.38. The van der Waals surface area contributed by atoms with Crippen LogP contribution in [0.15, 0.2) is 72.8 Å². The number of rotatable bonds is 6. The molecule has 3 nitrogen and oxygen atoms in total. The molecular formula is C22H22O3. The summed E-state index contributed by atoms with van der Waals surface area (Å²) in [5.74, 6) is -1.00. The second-order valence-electron chi connectivity index (χ2n) is 6.10. The number of fused-ring (bicyclic) bond motifs is 1. The highest BCUT2D eigenvalue weighted by atomic mass is 16.5. The van der Waals surface area contributed by atoms with Gasteiger partial charge in [-0.05, 0) is 41.3 Å². The molecule has 0 aliphatic carbocycles. The lowest BCUT2D eigenvalue weighted by Gasteiger charge is -2.22. The van der Waals surface area contributed by atoms with Gasteiger partial charge in [-0.2, -0.15) is 0 Å². The molecular weight excluding hydrogens is 312 g/mol. The Balaban J connectivity index is 1.91. The van der Waals surface area contributed by atoms with Crippen LogP contribution in [-0.4, -0.2) is 17.7 Å². The van der Waals surface area contributed by atoms with Crippen LogP contribution in [-0.2, 0) is 16.0 Å². The molecule has 3 heteroatoms. The van der Waals surface area contributed by atoms with Gasteiger partial charge >= 0.3 is 5.97 Å². The molecule has 0 radical (unpaired) electrons. The fourth-order valence-electron chi connectivity index (χ4n) is 3.07. The van der Waals surface area contributed by atoms with Gasteiger partial charge in [-0.3, -0.25) is 4.79 Å². The van der Waals surface area contributed by atoms with Crippen LogP contribution >= 0.6 is 0 Å². The molecule has 3 aromatic carbocycles. The summed E-state index contributed by atoms with van der Waals surface area (Å²) in [5, 5.41) is 13.0. The molecule has 0 amide bonds. The van der Waals surface area contributed by atoms with E-state index in [-0.39, 0.29) is 5.97 Å². The molecule has 3 aromatic rings. The fourth-order valence-corrected chi connectivity index (χ4v) is 3.07. The zero-order valence-electron chi connectivity index (χ0n) is 14.3. The van der Waals surface area contributed by atoms with E-state index in [1.54, 1.807) is 6.92 Å². The largest absolute Gasteiger partial charge is 0.466 e. The predicted molar refractivity (Wildman–Crippen MR) is 99.2 cm³/mol. The van der Waals surface area contributed by atoms with E-state index in [0.717, 1.165) is 21.9 Å². The summed E-state index contributed by atoms with van der Waals surface area (Å²) in [5.41, 5.74) is 1.73. The number of carbonyl (C=O) groups excluding carboxylic acids is 1. The minimum atomic E-state index is -0.913. The van der Waals surface area contributed by atoms with E-state index >= 15 is 0 Å². The quantitative estimate of drug-likeness (QED) is 0.684. The first-order valence-corrected chi connectivity index (χ1v) is 8.56. The third kappa shape index (κ3) is 4.06. The maximum absolute atomic E-state index is 12.4. The summed E-state index contributed by atoms with van der Waals surface area (Å²) in [6.45, 7) is 2.08. The molecule has 128 valence electrons. The molecule has 0 bridgehead atoms. The molecule has 25 heavy (non-hydrogen) atoms. The zero-order valence-corrected chi connectivity index (χ0v) is 14.3. The first kappa shape index (κ1) is 17.2. The highest BCUT2D eigenvalue weighted by molar-refractivity contribution is 5.83. The van der Waals surface area contributed by atoms with Crippen molar-refractivity contribution in [1.82, 2.24) is 0 Å². The van der Waals surface area contributed by atoms with Gasteiger partial charge in [-0.1, -0.05) is 66.7 Å². The van der Waals surface area contributed by atoms with Crippen molar-refractivity contribution in [3.8, 4) is 0 Å². The molecule has 0 heterocycles. The van der Waals surface area contributed by atoms with Crippen LogP contribution in [0.5, 0.6) is 0 Å². The van der Waals surface area contributed by atoms with Crippen LogP contribution in [0, 0.1) is 5.92 Å². The van der Waals surface area contributed by atoms with Crippen LogP contribution < -0.4 is 0 Å². The first-order valence-electron chi connectivity index (χ1n) is 8.56. The number of aliphatic hydroxyl groups excluding tert-OH is 1. The Hall–Kier alpha value is -2.65. The minimum absolute atomic E-state index is 0.300. The van der Waals surface area contributed by atoms with Gasteiger partial charge in [-0.15, -0.1) is 0 Å². The van der Waals surface area contributed by atoms with E-state index < -0.39 is 12.0 Å². The lowest BCUT2D eigenvalue weighted by atomic mass is 9.89. The first-order chi connectivity index (χ1) is 12.2. The second-order valence-corrected chi connectivity index (χ2v) is 6.10. The van der Waals surface area contributed by atoms with E-state index in [1.807, 2.05) is 72.8 Å². The van der Waals surface area contributed by atoms with Crippen molar-refractivity contribution in [2.45, 2.75) is 19.4 Å². The monoisotopic (exact) mass is 334 g/mol. The van der Waals surface area contributed by atoms with E-state index in [2.05, 4.69) is 0 Å². The Labute approximate surface area is 147 Å². The lowest BCUT2D eigenvalue weighted by molar-refractivity contribution is -0.152. The van der Waals surface area contributed by atoms with Crippen LogP contribution in [0.25, 0.3) is 10.8 Å². The summed E-state index contributed by atoms with van der Waals surface area (Å²) in [7, 11) is 0. The second kappa shape index (κ2) is 7.95. The summed E-state index contributed by atoms with van der Waals surface area (Å²) >= 11 is 0. The molecule has 0 aliphatic rings. The summed E-state index contributed by atoms with van der Waals surface area (Å²) in [4.78, 5) is 12.4. The summed E-state index contributed by atoms with van der Waals surface area (Å²) in [6, 6.07) is 23.5. The fraction of sp³-hybridized carbons (Fsp3) is 0.227. The maximum atomic E-state index is 12.4. The number of ether oxygens (including phenoxy) is 1. The minimum Gasteiger partial charge on any atom is -0.466 e. The van der Waals surface area contributed by atoms with Crippen molar-refractivity contribution in [3.63, 3.8) is 0 Å². The number of hydrogen-bond donors (Lipinski definition) is 1. The molecule has 0 fully saturated rings. The van der Waals surface area contributed by atoms with Gasteiger partial charge in [0.1, 0.15) is 0 Å². The summed E-state index contributed by atoms with van der Waals surface area (Å²) in [6.07, 6.45) is -0.475. The Kier molecular flexibility index (Phi) is 5.46. The van der Waals surface area contributed by atoms with Crippen molar-refractivity contribution in [2.24, 2.45) is 5.92 Å². The standard InChI is InChI=1S/C22H22O3/c1-2-25-22(24)20(14-16-8-4-3-5-9-16)21(23)19-13-12-17-10-6-7-11-18(17)15-19/h3-13,15,20-21,23H,2,14H2,1H3/t20-,21-/m1/s1. The number of aliphatic hydroxyl groups is 1. The third-order valence-corrected chi connectivity index (χ3v) is 4.38. The topological polar surface area (TPSA) is 46.5 Å². The smallest absolute Gasteiger partial charge is 0.312 e.